The van der Waals surface area contributed by atoms with Gasteiger partial charge < -0.3 is 9.47 Å². The molecule has 1 atom stereocenters. The summed E-state index contributed by atoms with van der Waals surface area (Å²) in [5, 5.41) is 0. The Bertz CT molecular complexity index is 700. The van der Waals surface area contributed by atoms with E-state index in [0.29, 0.717) is 30.3 Å². The molecule has 1 aliphatic rings. The second-order valence-electron chi connectivity index (χ2n) is 5.39. The minimum atomic E-state index is -0.374. The second kappa shape index (κ2) is 6.13. The van der Waals surface area contributed by atoms with E-state index in [2.05, 4.69) is 9.97 Å². The number of carbonyl (C=O) groups excluding carboxylic acids is 1. The maximum atomic E-state index is 12.2. The quantitative estimate of drug-likeness (QED) is 0.815. The Hall–Kier alpha value is -2.43. The summed E-state index contributed by atoms with van der Waals surface area (Å²) < 4.78 is 11.1. The van der Waals surface area contributed by atoms with Gasteiger partial charge in [-0.05, 0) is 26.3 Å². The Balaban J connectivity index is 1.69. The van der Waals surface area contributed by atoms with Crippen molar-refractivity contribution in [2.75, 3.05) is 13.2 Å². The van der Waals surface area contributed by atoms with Crippen LogP contribution >= 0.6 is 0 Å². The van der Waals surface area contributed by atoms with Crippen LogP contribution in [0.2, 0.25) is 0 Å². The van der Waals surface area contributed by atoms with Crippen LogP contribution in [-0.4, -0.2) is 29.2 Å². The third kappa shape index (κ3) is 2.93. The van der Waals surface area contributed by atoms with E-state index in [0.717, 1.165) is 17.7 Å². The molecule has 5 nitrogen and oxygen atoms in total. The molecule has 1 aromatic carbocycles. The topological polar surface area (TPSA) is 61.3 Å². The van der Waals surface area contributed by atoms with Crippen LogP contribution in [0.3, 0.4) is 0 Å². The molecule has 0 unspecified atom stereocenters. The molecule has 0 N–H and O–H groups in total. The van der Waals surface area contributed by atoms with Crippen LogP contribution < -0.4 is 4.74 Å². The van der Waals surface area contributed by atoms with Crippen molar-refractivity contribution in [3.05, 3.63) is 53.1 Å². The molecule has 0 amide bonds. The number of ether oxygens (including phenoxy) is 2. The molecule has 2 heterocycles. The molecule has 0 fully saturated rings. The molecule has 114 valence electrons. The number of para-hydroxylation sites is 1. The van der Waals surface area contributed by atoms with E-state index in [1.165, 1.54) is 6.20 Å². The lowest BCUT2D eigenvalue weighted by Gasteiger charge is -2.25. The van der Waals surface area contributed by atoms with Crippen LogP contribution in [0.1, 0.15) is 39.8 Å². The largest absolute Gasteiger partial charge is 0.493 e. The standard InChI is InChI=1S/C17H18N2O3/c1-11-15(9-18-12(2)19-11)17(20)22-10-13-7-8-21-16-6-4-3-5-14(13)16/h3-6,9,13H,7-8,10H2,1-2H3/t13-/m1/s1. The van der Waals surface area contributed by atoms with Gasteiger partial charge in [-0.2, -0.15) is 0 Å². The predicted molar refractivity (Wildman–Crippen MR) is 81.1 cm³/mol. The van der Waals surface area contributed by atoms with E-state index in [9.17, 15) is 4.79 Å². The first-order valence-corrected chi connectivity index (χ1v) is 7.34. The lowest BCUT2D eigenvalue weighted by molar-refractivity contribution is 0.0457. The van der Waals surface area contributed by atoms with Gasteiger partial charge in [0.15, 0.2) is 0 Å². The van der Waals surface area contributed by atoms with Gasteiger partial charge >= 0.3 is 5.97 Å². The first kappa shape index (κ1) is 14.5. The third-order valence-corrected chi connectivity index (χ3v) is 3.82. The summed E-state index contributed by atoms with van der Waals surface area (Å²) in [5.74, 6) is 1.32. The van der Waals surface area contributed by atoms with E-state index in [-0.39, 0.29) is 11.9 Å². The van der Waals surface area contributed by atoms with E-state index in [1.54, 1.807) is 13.8 Å². The van der Waals surface area contributed by atoms with Crippen LogP contribution in [0.5, 0.6) is 5.75 Å². The number of carbonyl (C=O) groups is 1. The van der Waals surface area contributed by atoms with Gasteiger partial charge in [0.05, 0.1) is 24.5 Å². The molecule has 0 bridgehead atoms. The normalized spacial score (nSPS) is 16.5. The minimum absolute atomic E-state index is 0.167. The summed E-state index contributed by atoms with van der Waals surface area (Å²) in [4.78, 5) is 20.5. The predicted octanol–water partition coefficient (Wildman–Crippen LogP) is 2.82. The highest BCUT2D eigenvalue weighted by molar-refractivity contribution is 5.90. The number of nitrogens with zero attached hydrogens (tertiary/aromatic N) is 2. The highest BCUT2D eigenvalue weighted by Crippen LogP contribution is 2.33. The van der Waals surface area contributed by atoms with Crippen molar-refractivity contribution in [3.63, 3.8) is 0 Å². The Kier molecular flexibility index (Phi) is 4.04. The number of hydrogen-bond acceptors (Lipinski definition) is 5. The smallest absolute Gasteiger partial charge is 0.341 e. The van der Waals surface area contributed by atoms with Gasteiger partial charge in [-0.1, -0.05) is 18.2 Å². The van der Waals surface area contributed by atoms with Crippen LogP contribution in [-0.2, 0) is 4.74 Å². The fourth-order valence-electron chi connectivity index (χ4n) is 2.63. The van der Waals surface area contributed by atoms with E-state index in [1.807, 2.05) is 24.3 Å². The SMILES string of the molecule is Cc1ncc(C(=O)OC[C@H]2CCOc3ccccc32)c(C)n1. The van der Waals surface area contributed by atoms with Crippen LogP contribution in [0.25, 0.3) is 0 Å². The first-order valence-electron chi connectivity index (χ1n) is 7.34. The number of aromatic nitrogens is 2. The molecule has 1 aliphatic heterocycles. The average Bonchev–Trinajstić information content (AvgIpc) is 2.52. The summed E-state index contributed by atoms with van der Waals surface area (Å²) in [5.41, 5.74) is 2.16. The number of hydrogen-bond donors (Lipinski definition) is 0. The molecule has 0 saturated heterocycles. The maximum Gasteiger partial charge on any atom is 0.341 e. The van der Waals surface area contributed by atoms with Crippen molar-refractivity contribution in [3.8, 4) is 5.75 Å². The number of rotatable bonds is 3. The summed E-state index contributed by atoms with van der Waals surface area (Å²) in [6.45, 7) is 4.56. The Morgan fingerprint density at radius 1 is 1.36 bits per heavy atom. The van der Waals surface area contributed by atoms with Gasteiger partial charge in [0, 0.05) is 17.7 Å². The Labute approximate surface area is 129 Å². The molecule has 0 saturated carbocycles. The van der Waals surface area contributed by atoms with E-state index >= 15 is 0 Å². The zero-order chi connectivity index (χ0) is 15.5. The first-order chi connectivity index (χ1) is 10.6. The third-order valence-electron chi connectivity index (χ3n) is 3.82. The Morgan fingerprint density at radius 2 is 2.18 bits per heavy atom. The summed E-state index contributed by atoms with van der Waals surface area (Å²) in [6.07, 6.45) is 2.37. The molecule has 5 heteroatoms. The molecule has 0 radical (unpaired) electrons. The molecular formula is C17H18N2O3. The van der Waals surface area contributed by atoms with Gasteiger partial charge in [-0.3, -0.25) is 0 Å². The van der Waals surface area contributed by atoms with Crippen LogP contribution in [0, 0.1) is 13.8 Å². The number of benzene rings is 1. The number of aryl methyl sites for hydroxylation is 2. The highest BCUT2D eigenvalue weighted by atomic mass is 16.5. The van der Waals surface area contributed by atoms with Gasteiger partial charge in [-0.25, -0.2) is 14.8 Å². The summed E-state index contributed by atoms with van der Waals surface area (Å²) >= 11 is 0. The van der Waals surface area contributed by atoms with Crippen LogP contribution in [0.4, 0.5) is 0 Å². The average molecular weight is 298 g/mol. The lowest BCUT2D eigenvalue weighted by atomic mass is 9.94. The molecule has 0 spiro atoms. The van der Waals surface area contributed by atoms with Gasteiger partial charge in [0.25, 0.3) is 0 Å². The van der Waals surface area contributed by atoms with Gasteiger partial charge in [0.2, 0.25) is 0 Å². The van der Waals surface area contributed by atoms with Gasteiger partial charge in [0.1, 0.15) is 11.6 Å². The summed E-state index contributed by atoms with van der Waals surface area (Å²) in [7, 11) is 0. The zero-order valence-corrected chi connectivity index (χ0v) is 12.7. The van der Waals surface area contributed by atoms with Crippen molar-refractivity contribution in [1.82, 2.24) is 9.97 Å². The molecular weight excluding hydrogens is 280 g/mol. The fourth-order valence-corrected chi connectivity index (χ4v) is 2.63. The molecule has 1 aromatic heterocycles. The van der Waals surface area contributed by atoms with Crippen molar-refractivity contribution < 1.29 is 14.3 Å². The molecule has 0 aliphatic carbocycles. The van der Waals surface area contributed by atoms with E-state index < -0.39 is 0 Å². The minimum Gasteiger partial charge on any atom is -0.493 e. The number of fused-ring (bicyclic) bond motifs is 1. The second-order valence-corrected chi connectivity index (χ2v) is 5.39. The highest BCUT2D eigenvalue weighted by Gasteiger charge is 2.23. The molecule has 22 heavy (non-hydrogen) atoms. The molecule has 3 rings (SSSR count). The van der Waals surface area contributed by atoms with Gasteiger partial charge in [-0.15, -0.1) is 0 Å². The summed E-state index contributed by atoms with van der Waals surface area (Å²) in [6, 6.07) is 7.88. The van der Waals surface area contributed by atoms with Crippen LogP contribution in [0.15, 0.2) is 30.5 Å². The van der Waals surface area contributed by atoms with E-state index in [4.69, 9.17) is 9.47 Å². The maximum absolute atomic E-state index is 12.2. The fraction of sp³-hybridized carbons (Fsp3) is 0.353. The lowest BCUT2D eigenvalue weighted by Crippen LogP contribution is -2.20. The van der Waals surface area contributed by atoms with Crippen molar-refractivity contribution in [1.29, 1.82) is 0 Å². The number of esters is 1. The van der Waals surface area contributed by atoms with Crippen molar-refractivity contribution in [2.24, 2.45) is 0 Å². The zero-order valence-electron chi connectivity index (χ0n) is 12.7. The van der Waals surface area contributed by atoms with Crippen molar-refractivity contribution >= 4 is 5.97 Å². The molecule has 2 aromatic rings. The Morgan fingerprint density at radius 3 is 3.00 bits per heavy atom. The van der Waals surface area contributed by atoms with Crippen molar-refractivity contribution in [2.45, 2.75) is 26.2 Å². The monoisotopic (exact) mass is 298 g/mol.